The first-order valence-electron chi connectivity index (χ1n) is 5.13. The number of Topliss-reactive ketones (excluding diaryl/α,β-unsaturated/α-hetero) is 1. The Morgan fingerprint density at radius 2 is 2.00 bits per heavy atom. The molecule has 0 aromatic heterocycles. The summed E-state index contributed by atoms with van der Waals surface area (Å²) < 4.78 is 31.0. The summed E-state index contributed by atoms with van der Waals surface area (Å²) in [6.07, 6.45) is -0.382. The van der Waals surface area contributed by atoms with Crippen molar-refractivity contribution >= 4 is 39.1 Å². The van der Waals surface area contributed by atoms with Gasteiger partial charge >= 0.3 is 29.6 Å². The molecule has 0 fully saturated rings. The fraction of sp³-hybridized carbons (Fsp3) is 0.273. The SMILES string of the molecule is CC(=O)CC([O-])=Nc1cc(S(=O)(=O)O)cc(Cl)c1C.[Na+]. The Bertz CT molecular complexity index is 657. The molecule has 0 heterocycles. The normalized spacial score (nSPS) is 11.9. The molecule has 0 bridgehead atoms. The summed E-state index contributed by atoms with van der Waals surface area (Å²) in [5.41, 5.74) is 0.386. The summed E-state index contributed by atoms with van der Waals surface area (Å²) in [6, 6.07) is 2.08. The monoisotopic (exact) mass is 327 g/mol. The number of rotatable bonds is 4. The van der Waals surface area contributed by atoms with Gasteiger partial charge in [0.05, 0.1) is 10.6 Å². The van der Waals surface area contributed by atoms with Gasteiger partial charge in [-0.1, -0.05) is 11.6 Å². The van der Waals surface area contributed by atoms with Crippen LogP contribution in [-0.4, -0.2) is 24.7 Å². The van der Waals surface area contributed by atoms with E-state index in [9.17, 15) is 18.3 Å². The standard InChI is InChI=1S/C11H12ClNO5S.Na/c1-6(14)3-11(15)13-10-5-8(19(16,17)18)4-9(12)7(10)2;/h4-5H,3H2,1-2H3,(H,13,15)(H,16,17,18);/q;+1/p-1. The third-order valence-corrected chi connectivity index (χ3v) is 3.46. The number of halogens is 1. The molecule has 104 valence electrons. The molecule has 0 unspecified atom stereocenters. The zero-order valence-corrected chi connectivity index (χ0v) is 14.7. The second-order valence-corrected chi connectivity index (χ2v) is 5.74. The number of ketones is 1. The van der Waals surface area contributed by atoms with Crippen LogP contribution in [0.2, 0.25) is 5.02 Å². The van der Waals surface area contributed by atoms with Crippen molar-refractivity contribution < 1.29 is 52.4 Å². The third kappa shape index (κ3) is 5.51. The van der Waals surface area contributed by atoms with E-state index in [1.54, 1.807) is 0 Å². The number of aliphatic imine (C=N–C) groups is 1. The van der Waals surface area contributed by atoms with Crippen LogP contribution in [0.3, 0.4) is 0 Å². The topological polar surface area (TPSA) is 107 Å². The van der Waals surface area contributed by atoms with Crippen molar-refractivity contribution in [3.8, 4) is 0 Å². The molecule has 9 heteroatoms. The van der Waals surface area contributed by atoms with E-state index in [4.69, 9.17) is 16.2 Å². The van der Waals surface area contributed by atoms with Crippen molar-refractivity contribution in [2.45, 2.75) is 25.2 Å². The molecule has 0 aliphatic rings. The van der Waals surface area contributed by atoms with Crippen LogP contribution in [0.4, 0.5) is 5.69 Å². The first-order chi connectivity index (χ1) is 8.61. The molecule has 1 aromatic carbocycles. The van der Waals surface area contributed by atoms with E-state index in [2.05, 4.69) is 4.99 Å². The van der Waals surface area contributed by atoms with Crippen LogP contribution in [0.25, 0.3) is 0 Å². The van der Waals surface area contributed by atoms with Crippen LogP contribution < -0.4 is 34.7 Å². The molecular formula is C11H11ClNNaO5S. The summed E-state index contributed by atoms with van der Waals surface area (Å²) in [7, 11) is -4.45. The molecular weight excluding hydrogens is 317 g/mol. The van der Waals surface area contributed by atoms with E-state index in [1.165, 1.54) is 13.8 Å². The number of hydrogen-bond acceptors (Lipinski definition) is 5. The van der Waals surface area contributed by atoms with Crippen molar-refractivity contribution in [2.75, 3.05) is 0 Å². The summed E-state index contributed by atoms with van der Waals surface area (Å²) in [4.78, 5) is 13.9. The summed E-state index contributed by atoms with van der Waals surface area (Å²) >= 11 is 5.80. The molecule has 0 spiro atoms. The average Bonchev–Trinajstić information content (AvgIpc) is 2.21. The van der Waals surface area contributed by atoms with Crippen molar-refractivity contribution in [1.29, 1.82) is 0 Å². The van der Waals surface area contributed by atoms with Crippen molar-refractivity contribution in [2.24, 2.45) is 4.99 Å². The minimum Gasteiger partial charge on any atom is -0.861 e. The number of carbonyl (C=O) groups excluding carboxylic acids is 1. The van der Waals surface area contributed by atoms with Gasteiger partial charge in [-0.25, -0.2) is 0 Å². The largest absolute Gasteiger partial charge is 1.00 e. The molecule has 1 aromatic rings. The fourth-order valence-electron chi connectivity index (χ4n) is 1.29. The van der Waals surface area contributed by atoms with E-state index in [0.29, 0.717) is 5.56 Å². The van der Waals surface area contributed by atoms with Crippen molar-refractivity contribution in [3.05, 3.63) is 22.7 Å². The van der Waals surface area contributed by atoms with Gasteiger partial charge in [0.1, 0.15) is 5.78 Å². The molecule has 0 saturated carbocycles. The molecule has 1 rings (SSSR count). The van der Waals surface area contributed by atoms with Gasteiger partial charge in [0.15, 0.2) is 0 Å². The maximum atomic E-state index is 11.4. The van der Waals surface area contributed by atoms with Gasteiger partial charge in [0.2, 0.25) is 0 Å². The third-order valence-electron chi connectivity index (χ3n) is 2.23. The molecule has 0 amide bonds. The Hall–Kier alpha value is -0.440. The minimum absolute atomic E-state index is 0. The Kier molecular flexibility index (Phi) is 7.37. The van der Waals surface area contributed by atoms with Crippen LogP contribution in [0.5, 0.6) is 0 Å². The van der Waals surface area contributed by atoms with Crippen LogP contribution >= 0.6 is 11.6 Å². The molecule has 0 radical (unpaired) electrons. The Morgan fingerprint density at radius 1 is 1.45 bits per heavy atom. The Labute approximate surface area is 143 Å². The predicted octanol–water partition coefficient (Wildman–Crippen LogP) is -1.73. The van der Waals surface area contributed by atoms with Crippen molar-refractivity contribution in [3.63, 3.8) is 0 Å². The zero-order chi connectivity index (χ0) is 14.8. The Balaban J connectivity index is 0.00000361. The quantitative estimate of drug-likeness (QED) is 0.306. The van der Waals surface area contributed by atoms with Gasteiger partial charge in [0, 0.05) is 11.4 Å². The predicted molar refractivity (Wildman–Crippen MR) is 68.4 cm³/mol. The zero-order valence-electron chi connectivity index (χ0n) is 11.2. The Morgan fingerprint density at radius 3 is 2.45 bits per heavy atom. The van der Waals surface area contributed by atoms with Gasteiger partial charge < -0.3 is 5.11 Å². The first kappa shape index (κ1) is 19.6. The van der Waals surface area contributed by atoms with Crippen molar-refractivity contribution in [1.82, 2.24) is 0 Å². The molecule has 6 nitrogen and oxygen atoms in total. The minimum atomic E-state index is -4.45. The van der Waals surface area contributed by atoms with E-state index < -0.39 is 20.9 Å². The van der Waals surface area contributed by atoms with Crippen LogP contribution in [0.15, 0.2) is 22.0 Å². The van der Waals surface area contributed by atoms with Crippen LogP contribution in [-0.2, 0) is 14.9 Å². The maximum absolute atomic E-state index is 11.4. The van der Waals surface area contributed by atoms with E-state index in [-0.39, 0.29) is 52.5 Å². The van der Waals surface area contributed by atoms with Gasteiger partial charge in [-0.05, 0) is 37.4 Å². The smallest absolute Gasteiger partial charge is 0.861 e. The number of nitrogens with zero attached hydrogens (tertiary/aromatic N) is 1. The maximum Gasteiger partial charge on any atom is 1.00 e. The summed E-state index contributed by atoms with van der Waals surface area (Å²) in [5, 5.41) is 11.5. The molecule has 1 N–H and O–H groups in total. The molecule has 20 heavy (non-hydrogen) atoms. The second kappa shape index (κ2) is 7.53. The van der Waals surface area contributed by atoms with Gasteiger partial charge in [-0.3, -0.25) is 14.3 Å². The molecule has 0 atom stereocenters. The first-order valence-corrected chi connectivity index (χ1v) is 6.94. The van der Waals surface area contributed by atoms with Crippen LogP contribution in [0, 0.1) is 6.92 Å². The molecule has 0 aliphatic carbocycles. The van der Waals surface area contributed by atoms with Gasteiger partial charge in [-0.15, -0.1) is 0 Å². The van der Waals surface area contributed by atoms with Crippen LogP contribution in [0.1, 0.15) is 18.9 Å². The van der Waals surface area contributed by atoms with Gasteiger partial charge in [-0.2, -0.15) is 8.42 Å². The van der Waals surface area contributed by atoms with E-state index in [1.807, 2.05) is 0 Å². The molecule has 0 saturated heterocycles. The number of benzene rings is 1. The summed E-state index contributed by atoms with van der Waals surface area (Å²) in [6.45, 7) is 2.78. The fourth-order valence-corrected chi connectivity index (χ4v) is 2.10. The number of hydrogen-bond donors (Lipinski definition) is 1. The molecule has 0 aliphatic heterocycles. The van der Waals surface area contributed by atoms with Gasteiger partial charge in [0.25, 0.3) is 10.1 Å². The number of carbonyl (C=O) groups is 1. The summed E-state index contributed by atoms with van der Waals surface area (Å²) in [5.74, 6) is -1.07. The average molecular weight is 328 g/mol. The van der Waals surface area contributed by atoms with E-state index >= 15 is 0 Å². The van der Waals surface area contributed by atoms with E-state index in [0.717, 1.165) is 12.1 Å². The second-order valence-electron chi connectivity index (χ2n) is 3.91.